The Morgan fingerprint density at radius 3 is 1.68 bits per heavy atom. The first-order chi connectivity index (χ1) is 21.8. The molecule has 0 aliphatic heterocycles. The van der Waals surface area contributed by atoms with Gasteiger partial charge in [-0.15, -0.1) is 22.7 Å². The van der Waals surface area contributed by atoms with Gasteiger partial charge in [-0.2, -0.15) is 0 Å². The Morgan fingerprint density at radius 2 is 0.932 bits per heavy atom. The van der Waals surface area contributed by atoms with Gasteiger partial charge in [0, 0.05) is 57.0 Å². The average Bonchev–Trinajstić information content (AvgIpc) is 3.66. The molecule has 0 fully saturated rings. The molecule has 206 valence electrons. The minimum Gasteiger partial charge on any atom is -0.208 e. The van der Waals surface area contributed by atoms with Gasteiger partial charge in [-0.3, -0.25) is 0 Å². The Hall–Kier alpha value is -5.23. The summed E-state index contributed by atoms with van der Waals surface area (Å²) in [5, 5.41) is 5.18. The monoisotopic (exact) mass is 597 g/mol. The molecular weight excluding hydrogens is 575 g/mol. The molecule has 3 heterocycles. The first kappa shape index (κ1) is 25.3. The van der Waals surface area contributed by atoms with Crippen LogP contribution in [0.2, 0.25) is 0 Å². The number of aromatic nitrogens is 3. The summed E-state index contributed by atoms with van der Waals surface area (Å²) in [5.74, 6) is 2.02. The van der Waals surface area contributed by atoms with Gasteiger partial charge in [-0.1, -0.05) is 115 Å². The van der Waals surface area contributed by atoms with E-state index in [0.717, 1.165) is 16.7 Å². The van der Waals surface area contributed by atoms with Crippen molar-refractivity contribution in [2.45, 2.75) is 0 Å². The third-order valence-electron chi connectivity index (χ3n) is 8.14. The highest BCUT2D eigenvalue weighted by molar-refractivity contribution is 7.26. The van der Waals surface area contributed by atoms with Crippen molar-refractivity contribution in [2.24, 2.45) is 0 Å². The lowest BCUT2D eigenvalue weighted by molar-refractivity contribution is 1.07. The number of benzene rings is 6. The van der Waals surface area contributed by atoms with Gasteiger partial charge in [0.15, 0.2) is 17.5 Å². The van der Waals surface area contributed by atoms with Crippen molar-refractivity contribution in [3.05, 3.63) is 140 Å². The summed E-state index contributed by atoms with van der Waals surface area (Å²) in [6.45, 7) is 0. The lowest BCUT2D eigenvalue weighted by Gasteiger charge is -2.08. The molecule has 9 rings (SSSR count). The molecule has 0 saturated carbocycles. The van der Waals surface area contributed by atoms with Crippen molar-refractivity contribution < 1.29 is 0 Å². The lowest BCUT2D eigenvalue weighted by atomic mass is 10.0. The molecule has 0 N–H and O–H groups in total. The fraction of sp³-hybridized carbons (Fsp3) is 0. The summed E-state index contributed by atoms with van der Waals surface area (Å²) in [5.41, 5.74) is 5.45. The second kappa shape index (κ2) is 10.2. The maximum Gasteiger partial charge on any atom is 0.164 e. The van der Waals surface area contributed by atoms with Crippen LogP contribution in [0.5, 0.6) is 0 Å². The van der Waals surface area contributed by atoms with Gasteiger partial charge >= 0.3 is 0 Å². The molecule has 9 aromatic rings. The van der Waals surface area contributed by atoms with Crippen LogP contribution in [0.3, 0.4) is 0 Å². The summed E-state index contributed by atoms with van der Waals surface area (Å²) in [4.78, 5) is 14.7. The molecule has 0 bridgehead atoms. The van der Waals surface area contributed by atoms with Gasteiger partial charge in [-0.05, 0) is 35.4 Å². The molecular formula is C39H23N3S2. The number of hydrogen-bond acceptors (Lipinski definition) is 5. The highest BCUT2D eigenvalue weighted by Gasteiger charge is 2.15. The molecule has 0 saturated heterocycles. The molecule has 0 unspecified atom stereocenters. The Bertz CT molecular complexity index is 2440. The van der Waals surface area contributed by atoms with E-state index >= 15 is 0 Å². The highest BCUT2D eigenvalue weighted by atomic mass is 32.1. The standard InChI is InChI=1S/C39H23N3S2/c1-3-10-24(11-4-1)37-40-38(25-12-5-2-6-13-25)42-39(41-37)27-18-20-30-32-22-26(19-21-34(32)43-35(30)23-27)28-15-9-16-31-29-14-7-8-17-33(29)44-36(28)31/h1-23H. The number of hydrogen-bond donors (Lipinski definition) is 0. The van der Waals surface area contributed by atoms with Crippen molar-refractivity contribution in [3.8, 4) is 45.3 Å². The molecule has 6 aromatic carbocycles. The Balaban J connectivity index is 1.18. The van der Waals surface area contributed by atoms with E-state index in [1.54, 1.807) is 0 Å². The molecule has 5 heteroatoms. The SMILES string of the molecule is c1ccc(-c2nc(-c3ccccc3)nc(-c3ccc4c(c3)sc3ccc(-c5cccc6c5sc5ccccc56)cc34)n2)cc1. The molecule has 0 amide bonds. The average molecular weight is 598 g/mol. The molecule has 3 nitrogen and oxygen atoms in total. The van der Waals surface area contributed by atoms with E-state index in [9.17, 15) is 0 Å². The Kier molecular flexibility index (Phi) is 5.86. The molecule has 0 aliphatic rings. The number of rotatable bonds is 4. The predicted molar refractivity (Wildman–Crippen MR) is 187 cm³/mol. The molecule has 44 heavy (non-hydrogen) atoms. The van der Waals surface area contributed by atoms with Crippen LogP contribution in [0.4, 0.5) is 0 Å². The van der Waals surface area contributed by atoms with Crippen LogP contribution in [0.15, 0.2) is 140 Å². The van der Waals surface area contributed by atoms with Gasteiger partial charge in [0.05, 0.1) is 0 Å². The zero-order valence-electron chi connectivity index (χ0n) is 23.4. The summed E-state index contributed by atoms with van der Waals surface area (Å²) < 4.78 is 5.16. The fourth-order valence-corrected chi connectivity index (χ4v) is 8.36. The van der Waals surface area contributed by atoms with E-state index in [4.69, 9.17) is 15.0 Å². The van der Waals surface area contributed by atoms with E-state index in [2.05, 4.69) is 78.9 Å². The Morgan fingerprint density at radius 1 is 0.341 bits per heavy atom. The minimum absolute atomic E-state index is 0.672. The van der Waals surface area contributed by atoms with E-state index in [1.807, 2.05) is 83.3 Å². The van der Waals surface area contributed by atoms with Crippen molar-refractivity contribution in [3.63, 3.8) is 0 Å². The topological polar surface area (TPSA) is 38.7 Å². The first-order valence-electron chi connectivity index (χ1n) is 14.5. The van der Waals surface area contributed by atoms with Crippen LogP contribution in [0, 0.1) is 0 Å². The van der Waals surface area contributed by atoms with Gasteiger partial charge in [0.1, 0.15) is 0 Å². The second-order valence-corrected chi connectivity index (χ2v) is 13.0. The summed E-state index contributed by atoms with van der Waals surface area (Å²) in [6, 6.07) is 49.1. The first-order valence-corrected chi connectivity index (χ1v) is 16.2. The van der Waals surface area contributed by atoms with E-state index in [0.29, 0.717) is 17.5 Å². The van der Waals surface area contributed by atoms with Crippen molar-refractivity contribution in [1.29, 1.82) is 0 Å². The maximum atomic E-state index is 4.94. The van der Waals surface area contributed by atoms with Crippen molar-refractivity contribution in [2.75, 3.05) is 0 Å². The summed E-state index contributed by atoms with van der Waals surface area (Å²) in [7, 11) is 0. The second-order valence-electron chi connectivity index (χ2n) is 10.8. The maximum absolute atomic E-state index is 4.94. The quantitative estimate of drug-likeness (QED) is 0.203. The third kappa shape index (κ3) is 4.21. The predicted octanol–water partition coefficient (Wildman–Crippen LogP) is 11.3. The molecule has 0 atom stereocenters. The smallest absolute Gasteiger partial charge is 0.164 e. The highest BCUT2D eigenvalue weighted by Crippen LogP contribution is 2.42. The summed E-state index contributed by atoms with van der Waals surface area (Å²) >= 11 is 3.69. The van der Waals surface area contributed by atoms with Crippen LogP contribution in [0.25, 0.3) is 85.6 Å². The van der Waals surface area contributed by atoms with Gasteiger partial charge in [-0.25, -0.2) is 15.0 Å². The van der Waals surface area contributed by atoms with Crippen molar-refractivity contribution in [1.82, 2.24) is 15.0 Å². The van der Waals surface area contributed by atoms with Crippen molar-refractivity contribution >= 4 is 63.0 Å². The van der Waals surface area contributed by atoms with E-state index in [-0.39, 0.29) is 0 Å². The van der Waals surface area contributed by atoms with E-state index < -0.39 is 0 Å². The number of thiophene rings is 2. The van der Waals surface area contributed by atoms with Gasteiger partial charge < -0.3 is 0 Å². The zero-order chi connectivity index (χ0) is 29.0. The van der Waals surface area contributed by atoms with Crippen LogP contribution in [-0.4, -0.2) is 15.0 Å². The third-order valence-corrected chi connectivity index (χ3v) is 10.5. The number of nitrogens with zero attached hydrogens (tertiary/aromatic N) is 3. The number of fused-ring (bicyclic) bond motifs is 6. The van der Waals surface area contributed by atoms with Crippen LogP contribution in [0.1, 0.15) is 0 Å². The Labute approximate surface area is 261 Å². The normalized spacial score (nSPS) is 11.6. The molecule has 0 radical (unpaired) electrons. The minimum atomic E-state index is 0.672. The van der Waals surface area contributed by atoms with Gasteiger partial charge in [0.25, 0.3) is 0 Å². The largest absolute Gasteiger partial charge is 0.208 e. The van der Waals surface area contributed by atoms with E-state index in [1.165, 1.54) is 51.5 Å². The molecule has 0 aliphatic carbocycles. The molecule has 3 aromatic heterocycles. The van der Waals surface area contributed by atoms with Gasteiger partial charge in [0.2, 0.25) is 0 Å². The van der Waals surface area contributed by atoms with Crippen LogP contribution in [-0.2, 0) is 0 Å². The lowest BCUT2D eigenvalue weighted by Crippen LogP contribution is -1.99. The zero-order valence-corrected chi connectivity index (χ0v) is 25.1. The molecule has 0 spiro atoms. The summed E-state index contributed by atoms with van der Waals surface area (Å²) in [6.07, 6.45) is 0. The van der Waals surface area contributed by atoms with Crippen LogP contribution >= 0.6 is 22.7 Å². The fourth-order valence-electron chi connectivity index (χ4n) is 6.00. The van der Waals surface area contributed by atoms with Crippen LogP contribution < -0.4 is 0 Å².